The van der Waals surface area contributed by atoms with Crippen LogP contribution in [0, 0.1) is 0 Å². The Morgan fingerprint density at radius 2 is 1.56 bits per heavy atom. The molecule has 8 nitrogen and oxygen atoms in total. The molecule has 1 aromatic heterocycles. The average Bonchev–Trinajstić information content (AvgIpc) is 3.29. The normalized spacial score (nSPS) is 12.8. The van der Waals surface area contributed by atoms with E-state index in [9.17, 15) is 14.4 Å². The van der Waals surface area contributed by atoms with E-state index in [-0.39, 0.29) is 18.7 Å². The number of hydrogen-bond acceptors (Lipinski definition) is 6. The minimum Gasteiger partial charge on any atom is -0.465 e. The van der Waals surface area contributed by atoms with Crippen molar-refractivity contribution >= 4 is 28.7 Å². The molecule has 200 valence electrons. The van der Waals surface area contributed by atoms with Crippen LogP contribution in [0.2, 0.25) is 0 Å². The molecule has 4 N–H and O–H groups in total. The van der Waals surface area contributed by atoms with Crippen LogP contribution >= 0.6 is 0 Å². The number of fused-ring (bicyclic) bond motifs is 1. The molecule has 0 aliphatic rings. The number of H-pyrrole nitrogens is 1. The van der Waals surface area contributed by atoms with Crippen LogP contribution in [0.3, 0.4) is 0 Å². The first kappa shape index (κ1) is 29.4. The molecule has 1 aromatic carbocycles. The Bertz CT molecular complexity index is 942. The summed E-state index contributed by atoms with van der Waals surface area (Å²) in [5.41, 5.74) is 7.81. The van der Waals surface area contributed by atoms with E-state index >= 15 is 0 Å². The van der Waals surface area contributed by atoms with Crippen LogP contribution in [-0.4, -0.2) is 48.1 Å². The molecule has 36 heavy (non-hydrogen) atoms. The highest BCUT2D eigenvalue weighted by molar-refractivity contribution is 5.87. The summed E-state index contributed by atoms with van der Waals surface area (Å²) in [6.07, 6.45) is 10.3. The van der Waals surface area contributed by atoms with Crippen LogP contribution in [0.4, 0.5) is 0 Å². The third kappa shape index (κ3) is 10.4. The lowest BCUT2D eigenvalue weighted by Gasteiger charge is -2.18. The van der Waals surface area contributed by atoms with Crippen LogP contribution in [0.25, 0.3) is 10.9 Å². The Morgan fingerprint density at radius 3 is 2.22 bits per heavy atom. The lowest BCUT2D eigenvalue weighted by atomic mass is 10.0. The lowest BCUT2D eigenvalue weighted by molar-refractivity contribution is -0.148. The fourth-order valence-electron chi connectivity index (χ4n) is 4.00. The highest BCUT2D eigenvalue weighted by Crippen LogP contribution is 2.19. The number of benzene rings is 1. The number of esters is 2. The van der Waals surface area contributed by atoms with Crippen molar-refractivity contribution in [2.45, 2.75) is 96.6 Å². The smallest absolute Gasteiger partial charge is 0.328 e. The quantitative estimate of drug-likeness (QED) is 0.203. The van der Waals surface area contributed by atoms with Crippen LogP contribution in [0.15, 0.2) is 30.5 Å². The third-order valence-electron chi connectivity index (χ3n) is 6.19. The van der Waals surface area contributed by atoms with E-state index in [2.05, 4.69) is 24.1 Å². The maximum atomic E-state index is 12.9. The van der Waals surface area contributed by atoms with Gasteiger partial charge in [0.2, 0.25) is 5.91 Å². The number of aromatic nitrogens is 1. The predicted octanol–water partition coefficient (Wildman–Crippen LogP) is 4.55. The van der Waals surface area contributed by atoms with E-state index in [1.165, 1.54) is 0 Å². The Morgan fingerprint density at radius 1 is 0.917 bits per heavy atom. The summed E-state index contributed by atoms with van der Waals surface area (Å²) in [5.74, 6) is -1.31. The first-order chi connectivity index (χ1) is 17.5. The van der Waals surface area contributed by atoms with Gasteiger partial charge in [0.15, 0.2) is 0 Å². The standard InChI is InChI=1S/C28H43N3O5/c1-3-5-7-11-17-35-27(33)23(29)15-16-26(32)31-25(28(34)36-18-12-8-6-4-2)19-21-20-30-24-14-10-9-13-22(21)24/h9-10,13-14,20,23,25,30H,3-8,11-12,15-19,29H2,1-2H3,(H,31,32)/t23-,25+/m1/s1. The zero-order valence-electron chi connectivity index (χ0n) is 21.9. The van der Waals surface area contributed by atoms with Crippen LogP contribution in [0.1, 0.15) is 83.6 Å². The highest BCUT2D eigenvalue weighted by Gasteiger charge is 2.25. The Balaban J connectivity index is 1.90. The number of amides is 1. The number of para-hydroxylation sites is 1. The largest absolute Gasteiger partial charge is 0.465 e. The van der Waals surface area contributed by atoms with Crippen molar-refractivity contribution in [3.05, 3.63) is 36.0 Å². The Kier molecular flexibility index (Phi) is 13.7. The van der Waals surface area contributed by atoms with Crippen LogP contribution in [0.5, 0.6) is 0 Å². The number of unbranched alkanes of at least 4 members (excludes halogenated alkanes) is 6. The van der Waals surface area contributed by atoms with Crippen molar-refractivity contribution < 1.29 is 23.9 Å². The van der Waals surface area contributed by atoms with Gasteiger partial charge in [-0.15, -0.1) is 0 Å². The van der Waals surface area contributed by atoms with E-state index < -0.39 is 24.0 Å². The maximum absolute atomic E-state index is 12.9. The molecule has 0 radical (unpaired) electrons. The number of rotatable bonds is 18. The molecule has 2 rings (SSSR count). The van der Waals surface area contributed by atoms with E-state index in [1.807, 2.05) is 30.5 Å². The minimum atomic E-state index is -0.875. The van der Waals surface area contributed by atoms with Gasteiger partial charge in [0.1, 0.15) is 12.1 Å². The molecule has 0 aliphatic heterocycles. The zero-order chi connectivity index (χ0) is 26.2. The molecule has 2 atom stereocenters. The van der Waals surface area contributed by atoms with E-state index in [0.717, 1.165) is 67.8 Å². The fraction of sp³-hybridized carbons (Fsp3) is 0.607. The summed E-state index contributed by atoms with van der Waals surface area (Å²) in [7, 11) is 0. The lowest BCUT2D eigenvalue weighted by Crippen LogP contribution is -2.44. The second-order valence-corrected chi connectivity index (χ2v) is 9.29. The molecule has 0 spiro atoms. The first-order valence-electron chi connectivity index (χ1n) is 13.4. The minimum absolute atomic E-state index is 0.0142. The molecule has 0 aliphatic carbocycles. The SMILES string of the molecule is CCCCCCOC(=O)[C@H](N)CCC(=O)N[C@@H](Cc1c[nH]c2ccccc12)C(=O)OCCCCCC. The van der Waals surface area contributed by atoms with Gasteiger partial charge in [0, 0.05) is 29.9 Å². The number of nitrogens with two attached hydrogens (primary N) is 1. The van der Waals surface area contributed by atoms with Crippen molar-refractivity contribution in [1.82, 2.24) is 10.3 Å². The van der Waals surface area contributed by atoms with E-state index in [4.69, 9.17) is 15.2 Å². The fourth-order valence-corrected chi connectivity index (χ4v) is 4.00. The molecule has 0 saturated carbocycles. The van der Waals surface area contributed by atoms with Gasteiger partial charge in [-0.2, -0.15) is 0 Å². The average molecular weight is 502 g/mol. The summed E-state index contributed by atoms with van der Waals surface area (Å²) in [6, 6.07) is 6.10. The summed E-state index contributed by atoms with van der Waals surface area (Å²) >= 11 is 0. The van der Waals surface area contributed by atoms with Crippen molar-refractivity contribution in [3.8, 4) is 0 Å². The Labute approximate surface area is 214 Å². The van der Waals surface area contributed by atoms with Gasteiger partial charge in [0.25, 0.3) is 0 Å². The number of nitrogens with one attached hydrogen (secondary N) is 2. The molecular weight excluding hydrogens is 458 g/mol. The van der Waals surface area contributed by atoms with Gasteiger partial charge >= 0.3 is 11.9 Å². The Hall–Kier alpha value is -2.87. The number of carbonyl (C=O) groups excluding carboxylic acids is 3. The first-order valence-corrected chi connectivity index (χ1v) is 13.4. The molecule has 0 bridgehead atoms. The topological polar surface area (TPSA) is 124 Å². The number of aromatic amines is 1. The van der Waals surface area contributed by atoms with Crippen molar-refractivity contribution in [2.75, 3.05) is 13.2 Å². The monoisotopic (exact) mass is 501 g/mol. The van der Waals surface area contributed by atoms with E-state index in [1.54, 1.807) is 0 Å². The third-order valence-corrected chi connectivity index (χ3v) is 6.19. The number of carbonyl (C=O) groups is 3. The summed E-state index contributed by atoms with van der Waals surface area (Å²) in [4.78, 5) is 40.8. The highest BCUT2D eigenvalue weighted by atomic mass is 16.5. The van der Waals surface area contributed by atoms with Gasteiger partial charge in [-0.05, 0) is 30.9 Å². The van der Waals surface area contributed by atoms with E-state index in [0.29, 0.717) is 19.6 Å². The van der Waals surface area contributed by atoms with Crippen molar-refractivity contribution in [1.29, 1.82) is 0 Å². The van der Waals surface area contributed by atoms with Crippen LogP contribution in [-0.2, 0) is 30.3 Å². The number of ether oxygens (including phenoxy) is 2. The van der Waals surface area contributed by atoms with Crippen LogP contribution < -0.4 is 11.1 Å². The van der Waals surface area contributed by atoms with Gasteiger partial charge in [-0.25, -0.2) is 4.79 Å². The molecule has 1 amide bonds. The van der Waals surface area contributed by atoms with Gasteiger partial charge in [-0.1, -0.05) is 70.6 Å². The zero-order valence-corrected chi connectivity index (χ0v) is 21.9. The molecule has 2 aromatic rings. The molecule has 0 saturated heterocycles. The molecule has 0 unspecified atom stereocenters. The van der Waals surface area contributed by atoms with Crippen molar-refractivity contribution in [2.24, 2.45) is 5.73 Å². The molecular formula is C28H43N3O5. The van der Waals surface area contributed by atoms with Gasteiger partial charge < -0.3 is 25.5 Å². The molecule has 0 fully saturated rings. The summed E-state index contributed by atoms with van der Waals surface area (Å²) < 4.78 is 10.7. The predicted molar refractivity (Wildman–Crippen MR) is 141 cm³/mol. The van der Waals surface area contributed by atoms with Gasteiger partial charge in [-0.3, -0.25) is 9.59 Å². The summed E-state index contributed by atoms with van der Waals surface area (Å²) in [5, 5.41) is 3.79. The van der Waals surface area contributed by atoms with Crippen molar-refractivity contribution in [3.63, 3.8) is 0 Å². The number of hydrogen-bond donors (Lipinski definition) is 3. The maximum Gasteiger partial charge on any atom is 0.328 e. The van der Waals surface area contributed by atoms with Gasteiger partial charge in [0.05, 0.1) is 13.2 Å². The summed E-state index contributed by atoms with van der Waals surface area (Å²) in [6.45, 7) is 4.91. The molecule has 8 heteroatoms. The second-order valence-electron chi connectivity index (χ2n) is 9.29. The molecule has 1 heterocycles. The second kappa shape index (κ2) is 16.7.